The van der Waals surface area contributed by atoms with Crippen molar-refractivity contribution in [3.05, 3.63) is 35.4 Å². The molecule has 2 N–H and O–H groups in total. The molecule has 18 heavy (non-hydrogen) atoms. The van der Waals surface area contributed by atoms with E-state index in [0.717, 1.165) is 31.6 Å². The number of hydrogen-bond acceptors (Lipinski definition) is 3. The van der Waals surface area contributed by atoms with Gasteiger partial charge in [-0.2, -0.15) is 10.2 Å². The van der Waals surface area contributed by atoms with Crippen LogP contribution in [0, 0.1) is 0 Å². The number of aromatic nitrogens is 4. The topological polar surface area (TPSA) is 61.7 Å². The molecule has 2 heterocycles. The number of nitrogens with two attached hydrogens (primary N) is 1. The van der Waals surface area contributed by atoms with Crippen LogP contribution >= 0.6 is 0 Å². The second kappa shape index (κ2) is 5.82. The van der Waals surface area contributed by atoms with E-state index >= 15 is 0 Å². The lowest BCUT2D eigenvalue weighted by molar-refractivity contribution is 0.573. The van der Waals surface area contributed by atoms with Gasteiger partial charge in [-0.3, -0.25) is 9.36 Å². The van der Waals surface area contributed by atoms with Crippen molar-refractivity contribution in [3.63, 3.8) is 0 Å². The smallest absolute Gasteiger partial charge is 0.0828 e. The van der Waals surface area contributed by atoms with Gasteiger partial charge in [0.25, 0.3) is 0 Å². The molecule has 0 aromatic carbocycles. The second-order valence-corrected chi connectivity index (χ2v) is 4.38. The van der Waals surface area contributed by atoms with Crippen molar-refractivity contribution in [1.82, 2.24) is 19.6 Å². The summed E-state index contributed by atoms with van der Waals surface area (Å²) in [5.74, 6) is 0. The van der Waals surface area contributed by atoms with Gasteiger partial charge in [0, 0.05) is 12.7 Å². The highest BCUT2D eigenvalue weighted by atomic mass is 15.3. The molecule has 98 valence electrons. The van der Waals surface area contributed by atoms with Gasteiger partial charge in [0.15, 0.2) is 0 Å². The largest absolute Gasteiger partial charge is 0.330 e. The van der Waals surface area contributed by atoms with Crippen molar-refractivity contribution in [2.24, 2.45) is 5.73 Å². The van der Waals surface area contributed by atoms with Crippen molar-refractivity contribution in [2.75, 3.05) is 6.54 Å². The maximum absolute atomic E-state index is 5.54. The van der Waals surface area contributed by atoms with Gasteiger partial charge in [0.05, 0.1) is 24.1 Å². The highest BCUT2D eigenvalue weighted by molar-refractivity contribution is 5.12. The van der Waals surface area contributed by atoms with Crippen LogP contribution in [0.4, 0.5) is 0 Å². The molecule has 2 rings (SSSR count). The predicted octanol–water partition coefficient (Wildman–Crippen LogP) is 1.21. The Labute approximate surface area is 108 Å². The summed E-state index contributed by atoms with van der Waals surface area (Å²) in [6.07, 6.45) is 5.80. The zero-order chi connectivity index (χ0) is 13.0. The molecule has 0 amide bonds. The number of nitrogens with zero attached hydrogens (tertiary/aromatic N) is 4. The van der Waals surface area contributed by atoms with Crippen molar-refractivity contribution in [1.29, 1.82) is 0 Å². The van der Waals surface area contributed by atoms with Crippen LogP contribution in [-0.2, 0) is 25.9 Å². The fourth-order valence-corrected chi connectivity index (χ4v) is 2.04. The standard InChI is InChI=1S/C13H21N5/c1-3-12-7-13(18(4-2)16-12)10-17-9-11(5-6-14)8-15-17/h7-9H,3-6,10,14H2,1-2H3. The molecule has 0 unspecified atom stereocenters. The second-order valence-electron chi connectivity index (χ2n) is 4.38. The molecule has 0 atom stereocenters. The van der Waals surface area contributed by atoms with Crippen LogP contribution in [0.25, 0.3) is 0 Å². The highest BCUT2D eigenvalue weighted by Crippen LogP contribution is 2.08. The first-order valence-electron chi connectivity index (χ1n) is 6.53. The van der Waals surface area contributed by atoms with Crippen molar-refractivity contribution in [2.45, 2.75) is 39.8 Å². The van der Waals surface area contributed by atoms with Crippen LogP contribution in [-0.4, -0.2) is 26.1 Å². The van der Waals surface area contributed by atoms with Crippen LogP contribution in [0.2, 0.25) is 0 Å². The van der Waals surface area contributed by atoms with Gasteiger partial charge in [-0.25, -0.2) is 0 Å². The van der Waals surface area contributed by atoms with E-state index in [1.54, 1.807) is 0 Å². The summed E-state index contributed by atoms with van der Waals surface area (Å²) in [4.78, 5) is 0. The molecular formula is C13H21N5. The summed E-state index contributed by atoms with van der Waals surface area (Å²) >= 11 is 0. The number of aryl methyl sites for hydroxylation is 2. The Morgan fingerprint density at radius 3 is 2.83 bits per heavy atom. The number of hydrogen-bond donors (Lipinski definition) is 1. The Morgan fingerprint density at radius 1 is 1.33 bits per heavy atom. The lowest BCUT2D eigenvalue weighted by atomic mass is 10.2. The Kier molecular flexibility index (Phi) is 4.15. The van der Waals surface area contributed by atoms with Crippen LogP contribution in [0.3, 0.4) is 0 Å². The monoisotopic (exact) mass is 247 g/mol. The summed E-state index contributed by atoms with van der Waals surface area (Å²) in [6.45, 7) is 6.56. The summed E-state index contributed by atoms with van der Waals surface area (Å²) in [7, 11) is 0. The Bertz CT molecular complexity index is 497. The van der Waals surface area contributed by atoms with Gasteiger partial charge in [0.1, 0.15) is 0 Å². The fraction of sp³-hybridized carbons (Fsp3) is 0.538. The molecule has 5 heteroatoms. The van der Waals surface area contributed by atoms with E-state index < -0.39 is 0 Å². The molecule has 2 aromatic heterocycles. The maximum atomic E-state index is 5.54. The van der Waals surface area contributed by atoms with E-state index in [0.29, 0.717) is 6.54 Å². The third-order valence-corrected chi connectivity index (χ3v) is 3.02. The molecule has 0 aliphatic rings. The first-order valence-corrected chi connectivity index (χ1v) is 6.53. The Morgan fingerprint density at radius 2 is 2.17 bits per heavy atom. The van der Waals surface area contributed by atoms with Crippen LogP contribution in [0.1, 0.15) is 30.8 Å². The van der Waals surface area contributed by atoms with E-state index in [1.807, 2.05) is 15.6 Å². The Hall–Kier alpha value is -1.62. The predicted molar refractivity (Wildman–Crippen MR) is 71.4 cm³/mol. The summed E-state index contributed by atoms with van der Waals surface area (Å²) < 4.78 is 4.00. The molecule has 0 saturated heterocycles. The van der Waals surface area contributed by atoms with Crippen LogP contribution in [0.5, 0.6) is 0 Å². The molecule has 0 saturated carbocycles. The SMILES string of the molecule is CCc1cc(Cn2cc(CCN)cn2)n(CC)n1. The fourth-order valence-electron chi connectivity index (χ4n) is 2.04. The van der Waals surface area contributed by atoms with Gasteiger partial charge < -0.3 is 5.73 Å². The molecular weight excluding hydrogens is 226 g/mol. The first kappa shape index (κ1) is 12.8. The molecule has 2 aromatic rings. The van der Waals surface area contributed by atoms with E-state index in [9.17, 15) is 0 Å². The van der Waals surface area contributed by atoms with Crippen LogP contribution < -0.4 is 5.73 Å². The molecule has 0 aliphatic heterocycles. The molecule has 0 fully saturated rings. The molecule has 0 bridgehead atoms. The van der Waals surface area contributed by atoms with E-state index in [4.69, 9.17) is 5.73 Å². The zero-order valence-corrected chi connectivity index (χ0v) is 11.1. The van der Waals surface area contributed by atoms with Gasteiger partial charge in [-0.05, 0) is 37.9 Å². The first-order chi connectivity index (χ1) is 8.76. The number of rotatable bonds is 6. The van der Waals surface area contributed by atoms with Gasteiger partial charge in [-0.1, -0.05) is 6.92 Å². The molecule has 0 aliphatic carbocycles. The minimum Gasteiger partial charge on any atom is -0.330 e. The van der Waals surface area contributed by atoms with Crippen molar-refractivity contribution >= 4 is 0 Å². The van der Waals surface area contributed by atoms with Crippen LogP contribution in [0.15, 0.2) is 18.5 Å². The van der Waals surface area contributed by atoms with Gasteiger partial charge in [0.2, 0.25) is 0 Å². The Balaban J connectivity index is 2.14. The molecule has 0 spiro atoms. The third-order valence-electron chi connectivity index (χ3n) is 3.02. The zero-order valence-electron chi connectivity index (χ0n) is 11.1. The average molecular weight is 247 g/mol. The lowest BCUT2D eigenvalue weighted by Gasteiger charge is -2.04. The maximum Gasteiger partial charge on any atom is 0.0828 e. The van der Waals surface area contributed by atoms with E-state index in [-0.39, 0.29) is 0 Å². The summed E-state index contributed by atoms with van der Waals surface area (Å²) in [5, 5.41) is 8.90. The summed E-state index contributed by atoms with van der Waals surface area (Å²) in [5.41, 5.74) is 9.07. The quantitative estimate of drug-likeness (QED) is 0.834. The average Bonchev–Trinajstić information content (AvgIpc) is 2.97. The normalized spacial score (nSPS) is 11.1. The summed E-state index contributed by atoms with van der Waals surface area (Å²) in [6, 6.07) is 2.16. The van der Waals surface area contributed by atoms with E-state index in [1.165, 1.54) is 11.3 Å². The van der Waals surface area contributed by atoms with E-state index in [2.05, 4.69) is 36.3 Å². The lowest BCUT2D eigenvalue weighted by Crippen LogP contribution is -2.08. The minimum atomic E-state index is 0.665. The third kappa shape index (κ3) is 2.79. The van der Waals surface area contributed by atoms with Gasteiger partial charge in [-0.15, -0.1) is 0 Å². The molecule has 0 radical (unpaired) electrons. The van der Waals surface area contributed by atoms with Gasteiger partial charge >= 0.3 is 0 Å². The minimum absolute atomic E-state index is 0.665. The molecule has 5 nitrogen and oxygen atoms in total. The van der Waals surface area contributed by atoms with Crippen molar-refractivity contribution in [3.8, 4) is 0 Å². The van der Waals surface area contributed by atoms with Crippen molar-refractivity contribution < 1.29 is 0 Å². The highest BCUT2D eigenvalue weighted by Gasteiger charge is 2.07.